The second-order valence-corrected chi connectivity index (χ2v) is 11.6. The Kier molecular flexibility index (Phi) is 4.96. The topological polar surface area (TPSA) is 63.0 Å². The second-order valence-electron chi connectivity index (χ2n) is 11.2. The number of halogens is 3. The molecule has 10 heteroatoms. The molecular formula is C26H28ClF2N7. The number of nitrogens with zero attached hydrogens (tertiary/aromatic N) is 7. The third kappa shape index (κ3) is 3.70. The summed E-state index contributed by atoms with van der Waals surface area (Å²) in [6.45, 7) is 4.44. The van der Waals surface area contributed by atoms with E-state index in [1.165, 1.54) is 0 Å². The van der Waals surface area contributed by atoms with Gasteiger partial charge in [0.25, 0.3) is 5.92 Å². The Balaban J connectivity index is 1.13. The Hall–Kier alpha value is -2.65. The molecule has 0 bridgehead atoms. The van der Waals surface area contributed by atoms with E-state index < -0.39 is 11.8 Å². The highest BCUT2D eigenvalue weighted by Gasteiger charge is 2.55. The van der Waals surface area contributed by atoms with Gasteiger partial charge in [0.1, 0.15) is 11.6 Å². The number of fused-ring (bicyclic) bond motifs is 3. The van der Waals surface area contributed by atoms with Crippen LogP contribution < -0.4 is 4.90 Å². The van der Waals surface area contributed by atoms with E-state index in [-0.39, 0.29) is 12.0 Å². The van der Waals surface area contributed by atoms with Gasteiger partial charge < -0.3 is 4.90 Å². The van der Waals surface area contributed by atoms with Crippen LogP contribution in [0, 0.1) is 18.3 Å². The van der Waals surface area contributed by atoms with Crippen molar-refractivity contribution in [2.45, 2.75) is 57.5 Å². The molecule has 0 amide bonds. The summed E-state index contributed by atoms with van der Waals surface area (Å²) < 4.78 is 31.6. The molecule has 2 aromatic heterocycles. The van der Waals surface area contributed by atoms with Gasteiger partial charge in [-0.1, -0.05) is 11.6 Å². The van der Waals surface area contributed by atoms with E-state index in [2.05, 4.69) is 29.6 Å². The fourth-order valence-corrected chi connectivity index (χ4v) is 6.64. The van der Waals surface area contributed by atoms with Crippen molar-refractivity contribution in [2.24, 2.45) is 11.3 Å². The van der Waals surface area contributed by atoms with Gasteiger partial charge in [-0.05, 0) is 56.4 Å². The maximum Gasteiger partial charge on any atom is 0.263 e. The maximum absolute atomic E-state index is 14.7. The van der Waals surface area contributed by atoms with Crippen LogP contribution in [-0.2, 0) is 13.1 Å². The van der Waals surface area contributed by atoms with Crippen LogP contribution in [-0.4, -0.2) is 55.2 Å². The highest BCUT2D eigenvalue weighted by molar-refractivity contribution is 6.30. The van der Waals surface area contributed by atoms with Crippen LogP contribution in [0.15, 0.2) is 30.6 Å². The number of anilines is 1. The Morgan fingerprint density at radius 1 is 1.08 bits per heavy atom. The molecule has 0 radical (unpaired) electrons. The lowest BCUT2D eigenvalue weighted by molar-refractivity contribution is -0.0558. The fourth-order valence-electron chi connectivity index (χ4n) is 6.45. The number of aromatic nitrogens is 5. The number of hydrogen-bond acceptors (Lipinski definition) is 6. The zero-order chi connectivity index (χ0) is 24.7. The normalized spacial score (nSPS) is 21.5. The van der Waals surface area contributed by atoms with Gasteiger partial charge in [-0.25, -0.2) is 13.8 Å². The zero-order valence-corrected chi connectivity index (χ0v) is 20.9. The van der Waals surface area contributed by atoms with Crippen LogP contribution in [0.1, 0.15) is 54.5 Å². The van der Waals surface area contributed by atoms with E-state index >= 15 is 0 Å². The lowest BCUT2D eigenvalue weighted by atomic mass is 9.57. The number of aryl methyl sites for hydroxylation is 1. The minimum Gasteiger partial charge on any atom is -0.354 e. The summed E-state index contributed by atoms with van der Waals surface area (Å²) in [6.07, 6.45) is 6.77. The molecule has 7 rings (SSSR count). The average molecular weight is 512 g/mol. The van der Waals surface area contributed by atoms with E-state index in [9.17, 15) is 8.78 Å². The molecule has 0 atom stereocenters. The minimum atomic E-state index is -2.69. The smallest absolute Gasteiger partial charge is 0.263 e. The van der Waals surface area contributed by atoms with E-state index in [4.69, 9.17) is 11.6 Å². The van der Waals surface area contributed by atoms with Crippen molar-refractivity contribution in [3.63, 3.8) is 0 Å². The van der Waals surface area contributed by atoms with Crippen LogP contribution in [0.5, 0.6) is 0 Å². The van der Waals surface area contributed by atoms with Gasteiger partial charge in [0.15, 0.2) is 5.82 Å². The van der Waals surface area contributed by atoms with Crippen molar-refractivity contribution < 1.29 is 8.78 Å². The predicted molar refractivity (Wildman–Crippen MR) is 132 cm³/mol. The van der Waals surface area contributed by atoms with Gasteiger partial charge in [-0.2, -0.15) is 0 Å². The molecule has 2 aliphatic carbocycles. The van der Waals surface area contributed by atoms with E-state index in [0.717, 1.165) is 60.3 Å². The first kappa shape index (κ1) is 22.5. The molecule has 2 aliphatic heterocycles. The third-order valence-corrected chi connectivity index (χ3v) is 8.57. The summed E-state index contributed by atoms with van der Waals surface area (Å²) in [4.78, 5) is 13.0. The fraction of sp³-hybridized carbons (Fsp3) is 0.538. The van der Waals surface area contributed by atoms with Crippen molar-refractivity contribution in [3.8, 4) is 5.69 Å². The first-order chi connectivity index (χ1) is 17.3. The number of rotatable bonds is 5. The Morgan fingerprint density at radius 3 is 2.61 bits per heavy atom. The van der Waals surface area contributed by atoms with Crippen LogP contribution in [0.25, 0.3) is 5.69 Å². The monoisotopic (exact) mass is 511 g/mol. The zero-order valence-electron chi connectivity index (χ0n) is 20.2. The second kappa shape index (κ2) is 7.92. The molecule has 188 valence electrons. The molecule has 4 aliphatic rings. The standard InChI is InChI=1S/C26H28ClF2N7/c1-16-23(31-7-6-30-16)35-13-25(14-35)9-18(10-25)24-33-32-22-12-34(15-26(28,29)19-2-3-19)11-17-8-20(27)4-5-21(17)36(22)24/h4-8,18-19H,2-3,9-15H2,1H3. The summed E-state index contributed by atoms with van der Waals surface area (Å²) in [7, 11) is 0. The minimum absolute atomic E-state index is 0.268. The summed E-state index contributed by atoms with van der Waals surface area (Å²) >= 11 is 6.33. The molecule has 3 aromatic rings. The molecule has 1 aromatic carbocycles. The highest BCUT2D eigenvalue weighted by Crippen LogP contribution is 2.57. The summed E-state index contributed by atoms with van der Waals surface area (Å²) in [5.41, 5.74) is 3.12. The average Bonchev–Trinajstić information content (AvgIpc) is 3.58. The van der Waals surface area contributed by atoms with E-state index in [0.29, 0.717) is 36.9 Å². The van der Waals surface area contributed by atoms with Crippen LogP contribution in [0.3, 0.4) is 0 Å². The highest BCUT2D eigenvalue weighted by atomic mass is 35.5. The number of hydrogen-bond donors (Lipinski definition) is 0. The van der Waals surface area contributed by atoms with Gasteiger partial charge >= 0.3 is 0 Å². The first-order valence-electron chi connectivity index (χ1n) is 12.7. The van der Waals surface area contributed by atoms with Crippen molar-refractivity contribution in [1.29, 1.82) is 0 Å². The van der Waals surface area contributed by atoms with Crippen molar-refractivity contribution in [2.75, 3.05) is 24.5 Å². The quantitative estimate of drug-likeness (QED) is 0.492. The molecule has 3 fully saturated rings. The summed E-state index contributed by atoms with van der Waals surface area (Å²) in [6, 6.07) is 5.73. The van der Waals surface area contributed by atoms with Crippen LogP contribution in [0.4, 0.5) is 14.6 Å². The molecule has 36 heavy (non-hydrogen) atoms. The van der Waals surface area contributed by atoms with Crippen molar-refractivity contribution in [3.05, 3.63) is 58.5 Å². The third-order valence-electron chi connectivity index (χ3n) is 8.34. The summed E-state index contributed by atoms with van der Waals surface area (Å²) in [5, 5.41) is 9.73. The van der Waals surface area contributed by atoms with Crippen LogP contribution >= 0.6 is 11.6 Å². The van der Waals surface area contributed by atoms with Gasteiger partial charge in [-0.3, -0.25) is 14.5 Å². The Labute approximate surface area is 213 Å². The molecule has 0 unspecified atom stereocenters. The SMILES string of the molecule is Cc1nccnc1N1CC2(CC(c3nnc4n3-c3ccc(Cl)cc3CN(CC(F)(F)C3CC3)C4)C2)C1. The molecule has 1 spiro atoms. The molecule has 7 nitrogen and oxygen atoms in total. The molecule has 4 heterocycles. The lowest BCUT2D eigenvalue weighted by Gasteiger charge is -2.59. The van der Waals surface area contributed by atoms with Gasteiger partial charge in [0.2, 0.25) is 0 Å². The van der Waals surface area contributed by atoms with E-state index in [1.54, 1.807) is 17.3 Å². The van der Waals surface area contributed by atoms with Crippen LogP contribution in [0.2, 0.25) is 5.02 Å². The largest absolute Gasteiger partial charge is 0.354 e. The molecule has 1 saturated heterocycles. The molecule has 2 saturated carbocycles. The Bertz CT molecular complexity index is 1320. The van der Waals surface area contributed by atoms with Crippen molar-refractivity contribution in [1.82, 2.24) is 29.6 Å². The molecular weight excluding hydrogens is 484 g/mol. The lowest BCUT2D eigenvalue weighted by Crippen LogP contribution is -2.62. The first-order valence-corrected chi connectivity index (χ1v) is 13.0. The van der Waals surface area contributed by atoms with Gasteiger partial charge in [0.05, 0.1) is 24.5 Å². The summed E-state index contributed by atoms with van der Waals surface area (Å²) in [5.74, 6) is -0.259. The number of alkyl halides is 2. The Morgan fingerprint density at radius 2 is 1.86 bits per heavy atom. The molecule has 0 N–H and O–H groups in total. The number of benzene rings is 1. The van der Waals surface area contributed by atoms with E-state index in [1.807, 2.05) is 25.1 Å². The van der Waals surface area contributed by atoms with Gasteiger partial charge in [-0.15, -0.1) is 10.2 Å². The maximum atomic E-state index is 14.7. The van der Waals surface area contributed by atoms with Crippen molar-refractivity contribution >= 4 is 17.4 Å². The van der Waals surface area contributed by atoms with Gasteiger partial charge in [0, 0.05) is 54.3 Å². The predicted octanol–water partition coefficient (Wildman–Crippen LogP) is 4.76.